The van der Waals surface area contributed by atoms with Crippen LogP contribution in [0.5, 0.6) is 0 Å². The molecule has 0 saturated heterocycles. The molecular weight excluding hydrogens is 336 g/mol. The molecule has 25 heavy (non-hydrogen) atoms. The van der Waals surface area contributed by atoms with Crippen LogP contribution in [0.2, 0.25) is 5.02 Å². The molecule has 0 fully saturated rings. The van der Waals surface area contributed by atoms with Gasteiger partial charge in [0.15, 0.2) is 0 Å². The lowest BCUT2D eigenvalue weighted by molar-refractivity contribution is 0.102. The highest BCUT2D eigenvalue weighted by Gasteiger charge is 2.12. The van der Waals surface area contributed by atoms with E-state index in [4.69, 9.17) is 11.6 Å². The molecule has 0 aliphatic carbocycles. The predicted octanol–water partition coefficient (Wildman–Crippen LogP) is 4.02. The van der Waals surface area contributed by atoms with Crippen LogP contribution in [-0.4, -0.2) is 22.9 Å². The molecule has 1 heterocycles. The molecule has 2 aromatic carbocycles. The van der Waals surface area contributed by atoms with Crippen LogP contribution in [0.4, 0.5) is 11.5 Å². The molecule has 0 aliphatic rings. The first-order chi connectivity index (χ1) is 12.1. The number of carbonyl (C=O) groups excluding carboxylic acids is 1. The molecule has 3 rings (SSSR count). The Labute approximate surface area is 151 Å². The van der Waals surface area contributed by atoms with Crippen molar-refractivity contribution in [3.8, 4) is 0 Å². The first-order valence-corrected chi connectivity index (χ1v) is 8.14. The molecule has 1 amide bonds. The van der Waals surface area contributed by atoms with Crippen molar-refractivity contribution < 1.29 is 4.79 Å². The van der Waals surface area contributed by atoms with Gasteiger partial charge in [-0.15, -0.1) is 0 Å². The van der Waals surface area contributed by atoms with Gasteiger partial charge < -0.3 is 10.2 Å². The Morgan fingerprint density at radius 1 is 1.08 bits per heavy atom. The highest BCUT2D eigenvalue weighted by Crippen LogP contribution is 2.21. The SMILES string of the molecule is CN(Cc1ccccc1)c1cc(C(=O)Nc2ccccc2Cl)ncn1. The van der Waals surface area contributed by atoms with Gasteiger partial charge in [0.05, 0.1) is 10.7 Å². The van der Waals surface area contributed by atoms with E-state index in [-0.39, 0.29) is 11.6 Å². The zero-order chi connectivity index (χ0) is 17.6. The molecular formula is C19H17ClN4O. The number of hydrogen-bond donors (Lipinski definition) is 1. The van der Waals surface area contributed by atoms with Gasteiger partial charge in [-0.25, -0.2) is 9.97 Å². The Morgan fingerprint density at radius 3 is 2.56 bits per heavy atom. The normalized spacial score (nSPS) is 10.3. The summed E-state index contributed by atoms with van der Waals surface area (Å²) < 4.78 is 0. The molecule has 0 aliphatic heterocycles. The minimum absolute atomic E-state index is 0.282. The first kappa shape index (κ1) is 16.9. The summed E-state index contributed by atoms with van der Waals surface area (Å²) in [6.45, 7) is 0.684. The van der Waals surface area contributed by atoms with E-state index < -0.39 is 0 Å². The summed E-state index contributed by atoms with van der Waals surface area (Å²) in [5.74, 6) is 0.341. The lowest BCUT2D eigenvalue weighted by Gasteiger charge is -2.18. The van der Waals surface area contributed by atoms with Gasteiger partial charge in [-0.2, -0.15) is 0 Å². The van der Waals surface area contributed by atoms with Crippen molar-refractivity contribution in [3.63, 3.8) is 0 Å². The second-order valence-electron chi connectivity index (χ2n) is 5.54. The Morgan fingerprint density at radius 2 is 1.80 bits per heavy atom. The summed E-state index contributed by atoms with van der Waals surface area (Å²) in [4.78, 5) is 22.7. The Balaban J connectivity index is 1.74. The van der Waals surface area contributed by atoms with Crippen molar-refractivity contribution in [1.29, 1.82) is 0 Å². The summed E-state index contributed by atoms with van der Waals surface area (Å²) in [6, 6.07) is 18.8. The third-order valence-electron chi connectivity index (χ3n) is 3.66. The van der Waals surface area contributed by atoms with Gasteiger partial charge in [-0.05, 0) is 17.7 Å². The smallest absolute Gasteiger partial charge is 0.274 e. The third-order valence-corrected chi connectivity index (χ3v) is 3.99. The number of nitrogens with zero attached hydrogens (tertiary/aromatic N) is 3. The summed E-state index contributed by atoms with van der Waals surface area (Å²) in [5.41, 5.74) is 1.99. The van der Waals surface area contributed by atoms with Gasteiger partial charge in [0, 0.05) is 19.7 Å². The van der Waals surface area contributed by atoms with Crippen LogP contribution >= 0.6 is 11.6 Å². The monoisotopic (exact) mass is 352 g/mol. The van der Waals surface area contributed by atoms with E-state index in [0.717, 1.165) is 5.56 Å². The molecule has 1 aromatic heterocycles. The van der Waals surface area contributed by atoms with E-state index in [9.17, 15) is 4.79 Å². The highest BCUT2D eigenvalue weighted by molar-refractivity contribution is 6.33. The van der Waals surface area contributed by atoms with E-state index in [1.54, 1.807) is 30.3 Å². The maximum Gasteiger partial charge on any atom is 0.274 e. The Kier molecular flexibility index (Phi) is 5.26. The van der Waals surface area contributed by atoms with Gasteiger partial charge >= 0.3 is 0 Å². The topological polar surface area (TPSA) is 58.1 Å². The fraction of sp³-hybridized carbons (Fsp3) is 0.105. The van der Waals surface area contributed by atoms with Crippen molar-refractivity contribution in [2.45, 2.75) is 6.54 Å². The summed E-state index contributed by atoms with van der Waals surface area (Å²) in [6.07, 6.45) is 1.39. The van der Waals surface area contributed by atoms with Gasteiger partial charge in [-0.3, -0.25) is 4.79 Å². The molecule has 0 spiro atoms. The van der Waals surface area contributed by atoms with E-state index in [0.29, 0.717) is 23.1 Å². The molecule has 0 atom stereocenters. The van der Waals surface area contributed by atoms with Gasteiger partial charge in [0.1, 0.15) is 17.8 Å². The minimum Gasteiger partial charge on any atom is -0.355 e. The molecule has 0 unspecified atom stereocenters. The van der Waals surface area contributed by atoms with Crippen molar-refractivity contribution in [1.82, 2.24) is 9.97 Å². The van der Waals surface area contributed by atoms with E-state index >= 15 is 0 Å². The molecule has 126 valence electrons. The van der Waals surface area contributed by atoms with Crippen molar-refractivity contribution in [2.24, 2.45) is 0 Å². The molecule has 0 bridgehead atoms. The number of nitrogens with one attached hydrogen (secondary N) is 1. The van der Waals surface area contributed by atoms with Crippen LogP contribution < -0.4 is 10.2 Å². The van der Waals surface area contributed by atoms with E-state index in [1.807, 2.05) is 42.3 Å². The Bertz CT molecular complexity index is 870. The van der Waals surface area contributed by atoms with Gasteiger partial charge in [-0.1, -0.05) is 54.1 Å². The summed E-state index contributed by atoms with van der Waals surface area (Å²) >= 11 is 6.07. The molecule has 6 heteroatoms. The number of rotatable bonds is 5. The number of benzene rings is 2. The highest BCUT2D eigenvalue weighted by atomic mass is 35.5. The standard InChI is InChI=1S/C19H17ClN4O/c1-24(12-14-7-3-2-4-8-14)18-11-17(21-13-22-18)19(25)23-16-10-6-5-9-15(16)20/h2-11,13H,12H2,1H3,(H,23,25). The second kappa shape index (κ2) is 7.77. The average Bonchev–Trinajstić information content (AvgIpc) is 2.64. The van der Waals surface area contributed by atoms with Crippen molar-refractivity contribution in [3.05, 3.63) is 83.3 Å². The first-order valence-electron chi connectivity index (χ1n) is 7.76. The molecule has 0 saturated carbocycles. The fourth-order valence-electron chi connectivity index (χ4n) is 2.37. The predicted molar refractivity (Wildman–Crippen MR) is 100.0 cm³/mol. The van der Waals surface area contributed by atoms with E-state index in [2.05, 4.69) is 15.3 Å². The maximum absolute atomic E-state index is 12.4. The van der Waals surface area contributed by atoms with Crippen molar-refractivity contribution >= 4 is 29.0 Å². The van der Waals surface area contributed by atoms with E-state index in [1.165, 1.54) is 6.33 Å². The largest absolute Gasteiger partial charge is 0.355 e. The molecule has 5 nitrogen and oxygen atoms in total. The summed E-state index contributed by atoms with van der Waals surface area (Å²) in [5, 5.41) is 3.24. The zero-order valence-electron chi connectivity index (χ0n) is 13.7. The Hall–Kier alpha value is -2.92. The van der Waals surface area contributed by atoms with Crippen LogP contribution in [0.15, 0.2) is 67.0 Å². The number of anilines is 2. The lowest BCUT2D eigenvalue weighted by atomic mass is 10.2. The summed E-state index contributed by atoms with van der Waals surface area (Å²) in [7, 11) is 1.92. The lowest BCUT2D eigenvalue weighted by Crippen LogP contribution is -2.20. The fourth-order valence-corrected chi connectivity index (χ4v) is 2.55. The van der Waals surface area contributed by atoms with Crippen LogP contribution in [-0.2, 0) is 6.54 Å². The maximum atomic E-state index is 12.4. The van der Waals surface area contributed by atoms with Crippen LogP contribution in [0, 0.1) is 0 Å². The van der Waals surface area contributed by atoms with Crippen LogP contribution in [0.25, 0.3) is 0 Å². The number of para-hydroxylation sites is 1. The average molecular weight is 353 g/mol. The number of hydrogen-bond acceptors (Lipinski definition) is 4. The molecule has 1 N–H and O–H groups in total. The number of halogens is 1. The van der Waals surface area contributed by atoms with Gasteiger partial charge in [0.2, 0.25) is 0 Å². The number of amides is 1. The zero-order valence-corrected chi connectivity index (χ0v) is 14.4. The van der Waals surface area contributed by atoms with Gasteiger partial charge in [0.25, 0.3) is 5.91 Å². The number of carbonyl (C=O) groups is 1. The second-order valence-corrected chi connectivity index (χ2v) is 5.94. The van der Waals surface area contributed by atoms with Crippen LogP contribution in [0.3, 0.4) is 0 Å². The third kappa shape index (κ3) is 4.33. The number of aromatic nitrogens is 2. The molecule has 3 aromatic rings. The van der Waals surface area contributed by atoms with Crippen molar-refractivity contribution in [2.75, 3.05) is 17.3 Å². The quantitative estimate of drug-likeness (QED) is 0.753. The van der Waals surface area contributed by atoms with Crippen LogP contribution in [0.1, 0.15) is 16.1 Å². The molecule has 0 radical (unpaired) electrons. The minimum atomic E-state index is -0.329.